The Hall–Kier alpha value is -3.06. The van der Waals surface area contributed by atoms with Gasteiger partial charge in [0.15, 0.2) is 11.5 Å². The first-order chi connectivity index (χ1) is 13.5. The predicted molar refractivity (Wildman–Crippen MR) is 107 cm³/mol. The lowest BCUT2D eigenvalue weighted by Crippen LogP contribution is -2.43. The first-order valence-electron chi connectivity index (χ1n) is 9.27. The maximum atomic E-state index is 12.5. The third-order valence-corrected chi connectivity index (χ3v) is 4.13. The highest BCUT2D eigenvalue weighted by atomic mass is 16.5. The first kappa shape index (κ1) is 21.2. The summed E-state index contributed by atoms with van der Waals surface area (Å²) in [5.74, 6) is 0.807. The van der Waals surface area contributed by atoms with E-state index >= 15 is 0 Å². The number of nitrogens with two attached hydrogens (primary N) is 1. The van der Waals surface area contributed by atoms with E-state index < -0.39 is 18.0 Å². The zero-order valence-corrected chi connectivity index (χ0v) is 16.4. The van der Waals surface area contributed by atoms with Crippen molar-refractivity contribution in [2.45, 2.75) is 32.9 Å². The Morgan fingerprint density at radius 1 is 0.964 bits per heavy atom. The molecular formula is C21H27N3O4. The average Bonchev–Trinajstić information content (AvgIpc) is 2.67. The molecule has 4 N–H and O–H groups in total. The molecule has 2 aromatic carbocycles. The monoisotopic (exact) mass is 385 g/mol. The van der Waals surface area contributed by atoms with E-state index in [0.29, 0.717) is 24.7 Å². The molecule has 0 aromatic heterocycles. The number of rotatable bonds is 9. The minimum Gasteiger partial charge on any atom is -0.490 e. The molecule has 0 fully saturated rings. The molecule has 0 heterocycles. The van der Waals surface area contributed by atoms with E-state index in [4.69, 9.17) is 15.2 Å². The fourth-order valence-corrected chi connectivity index (χ4v) is 2.85. The van der Waals surface area contributed by atoms with Crippen LogP contribution in [0.3, 0.4) is 0 Å². The Balaban J connectivity index is 2.27. The van der Waals surface area contributed by atoms with Gasteiger partial charge in [-0.05, 0) is 44.0 Å². The highest BCUT2D eigenvalue weighted by molar-refractivity contribution is 5.96. The number of ether oxygens (including phenoxy) is 2. The zero-order valence-electron chi connectivity index (χ0n) is 16.4. The van der Waals surface area contributed by atoms with Crippen molar-refractivity contribution in [1.82, 2.24) is 10.6 Å². The van der Waals surface area contributed by atoms with Crippen LogP contribution in [-0.4, -0.2) is 25.2 Å². The fourth-order valence-electron chi connectivity index (χ4n) is 2.85. The summed E-state index contributed by atoms with van der Waals surface area (Å²) < 4.78 is 11.3. The number of primary amides is 1. The molecule has 7 heteroatoms. The SMILES string of the molecule is CCOc1ccc([C@H](C)N[C@@H](C(=O)NC(N)=O)c2ccccc2)cc1OCC. The molecule has 3 amide bonds. The van der Waals surface area contributed by atoms with Gasteiger partial charge in [0, 0.05) is 6.04 Å². The van der Waals surface area contributed by atoms with E-state index in [1.54, 1.807) is 0 Å². The van der Waals surface area contributed by atoms with Crippen molar-refractivity contribution in [3.8, 4) is 11.5 Å². The molecule has 28 heavy (non-hydrogen) atoms. The molecule has 2 atom stereocenters. The highest BCUT2D eigenvalue weighted by Gasteiger charge is 2.24. The van der Waals surface area contributed by atoms with Gasteiger partial charge in [0.25, 0.3) is 0 Å². The van der Waals surface area contributed by atoms with Crippen LogP contribution in [0.4, 0.5) is 4.79 Å². The largest absolute Gasteiger partial charge is 0.490 e. The summed E-state index contributed by atoms with van der Waals surface area (Å²) >= 11 is 0. The molecule has 0 saturated heterocycles. The molecule has 0 spiro atoms. The number of amides is 3. The minimum atomic E-state index is -0.889. The Bertz CT molecular complexity index is 795. The maximum Gasteiger partial charge on any atom is 0.318 e. The number of nitrogens with one attached hydrogen (secondary N) is 2. The molecule has 0 unspecified atom stereocenters. The van der Waals surface area contributed by atoms with Crippen LogP contribution in [-0.2, 0) is 4.79 Å². The van der Waals surface area contributed by atoms with Crippen molar-refractivity contribution in [3.63, 3.8) is 0 Å². The smallest absolute Gasteiger partial charge is 0.318 e. The summed E-state index contributed by atoms with van der Waals surface area (Å²) in [6, 6.07) is 13.0. The van der Waals surface area contributed by atoms with Crippen LogP contribution in [0.2, 0.25) is 0 Å². The van der Waals surface area contributed by atoms with Crippen LogP contribution in [0.5, 0.6) is 11.5 Å². The van der Waals surface area contributed by atoms with Crippen molar-refractivity contribution in [3.05, 3.63) is 59.7 Å². The van der Waals surface area contributed by atoms with Crippen molar-refractivity contribution in [1.29, 1.82) is 0 Å². The van der Waals surface area contributed by atoms with Crippen molar-refractivity contribution >= 4 is 11.9 Å². The lowest BCUT2D eigenvalue weighted by molar-refractivity contribution is -0.122. The van der Waals surface area contributed by atoms with E-state index in [1.165, 1.54) is 0 Å². The number of urea groups is 1. The van der Waals surface area contributed by atoms with E-state index in [9.17, 15) is 9.59 Å². The molecule has 2 aromatic rings. The molecule has 0 bridgehead atoms. The molecule has 150 valence electrons. The third kappa shape index (κ3) is 5.72. The van der Waals surface area contributed by atoms with Gasteiger partial charge in [-0.3, -0.25) is 15.4 Å². The van der Waals surface area contributed by atoms with Gasteiger partial charge in [0.2, 0.25) is 5.91 Å². The standard InChI is InChI=1S/C21H27N3O4/c1-4-27-17-12-11-16(13-18(17)28-5-2)14(3)23-19(20(25)24-21(22)26)15-9-7-6-8-10-15/h6-14,19,23H,4-5H2,1-3H3,(H3,22,24,25,26)/t14-,19+/m0/s1. The molecule has 0 aliphatic rings. The van der Waals surface area contributed by atoms with E-state index in [2.05, 4.69) is 10.6 Å². The maximum absolute atomic E-state index is 12.5. The zero-order chi connectivity index (χ0) is 20.5. The lowest BCUT2D eigenvalue weighted by Gasteiger charge is -2.23. The summed E-state index contributed by atoms with van der Waals surface area (Å²) in [7, 11) is 0. The number of carbonyl (C=O) groups is 2. The van der Waals surface area contributed by atoms with Gasteiger partial charge in [-0.1, -0.05) is 36.4 Å². The van der Waals surface area contributed by atoms with Crippen LogP contribution >= 0.6 is 0 Å². The van der Waals surface area contributed by atoms with Crippen LogP contribution in [0.1, 0.15) is 44.0 Å². The number of benzene rings is 2. The van der Waals surface area contributed by atoms with Gasteiger partial charge in [-0.15, -0.1) is 0 Å². The molecule has 2 rings (SSSR count). The van der Waals surface area contributed by atoms with E-state index in [-0.39, 0.29) is 6.04 Å². The summed E-state index contributed by atoms with van der Waals surface area (Å²) in [5, 5.41) is 5.41. The molecule has 0 saturated carbocycles. The van der Waals surface area contributed by atoms with Crippen LogP contribution in [0.25, 0.3) is 0 Å². The Morgan fingerprint density at radius 2 is 1.61 bits per heavy atom. The molecule has 7 nitrogen and oxygen atoms in total. The van der Waals surface area contributed by atoms with Crippen molar-refractivity contribution in [2.75, 3.05) is 13.2 Å². The van der Waals surface area contributed by atoms with Crippen LogP contribution in [0.15, 0.2) is 48.5 Å². The van der Waals surface area contributed by atoms with Gasteiger partial charge in [0.05, 0.1) is 13.2 Å². The number of hydrogen-bond donors (Lipinski definition) is 3. The quantitative estimate of drug-likeness (QED) is 0.616. The second-order valence-corrected chi connectivity index (χ2v) is 6.16. The second-order valence-electron chi connectivity index (χ2n) is 6.16. The summed E-state index contributed by atoms with van der Waals surface area (Å²) in [6.45, 7) is 6.80. The van der Waals surface area contributed by atoms with Gasteiger partial charge in [-0.25, -0.2) is 4.79 Å². The Morgan fingerprint density at radius 3 is 2.21 bits per heavy atom. The summed E-state index contributed by atoms with van der Waals surface area (Å²) in [4.78, 5) is 23.7. The second kappa shape index (κ2) is 10.3. The Labute approximate surface area is 165 Å². The normalized spacial score (nSPS) is 12.7. The topological polar surface area (TPSA) is 103 Å². The van der Waals surface area contributed by atoms with Gasteiger partial charge in [0.1, 0.15) is 6.04 Å². The van der Waals surface area contributed by atoms with Crippen LogP contribution < -0.4 is 25.8 Å². The molecule has 0 aliphatic heterocycles. The number of imide groups is 1. The van der Waals surface area contributed by atoms with Gasteiger partial charge < -0.3 is 15.2 Å². The predicted octanol–water partition coefficient (Wildman–Crippen LogP) is 3.07. The third-order valence-electron chi connectivity index (χ3n) is 4.13. The number of hydrogen-bond acceptors (Lipinski definition) is 5. The van der Waals surface area contributed by atoms with Gasteiger partial charge in [-0.2, -0.15) is 0 Å². The van der Waals surface area contributed by atoms with Gasteiger partial charge >= 0.3 is 6.03 Å². The summed E-state index contributed by atoms with van der Waals surface area (Å²) in [6.07, 6.45) is 0. The van der Waals surface area contributed by atoms with Crippen LogP contribution in [0, 0.1) is 0 Å². The van der Waals surface area contributed by atoms with E-state index in [1.807, 2.05) is 69.3 Å². The summed E-state index contributed by atoms with van der Waals surface area (Å²) in [5.41, 5.74) is 6.76. The Kier molecular flexibility index (Phi) is 7.83. The highest BCUT2D eigenvalue weighted by Crippen LogP contribution is 2.31. The molecule has 0 aliphatic carbocycles. The molecule has 0 radical (unpaired) electrons. The fraction of sp³-hybridized carbons (Fsp3) is 0.333. The van der Waals surface area contributed by atoms with Crippen molar-refractivity contribution < 1.29 is 19.1 Å². The number of carbonyl (C=O) groups excluding carboxylic acids is 2. The lowest BCUT2D eigenvalue weighted by atomic mass is 10.0. The van der Waals surface area contributed by atoms with Crippen molar-refractivity contribution in [2.24, 2.45) is 5.73 Å². The first-order valence-corrected chi connectivity index (χ1v) is 9.27. The van der Waals surface area contributed by atoms with E-state index in [0.717, 1.165) is 11.1 Å². The minimum absolute atomic E-state index is 0.210. The average molecular weight is 385 g/mol. The molecular weight excluding hydrogens is 358 g/mol.